The maximum Gasteiger partial charge on any atom is 0.311 e. The van der Waals surface area contributed by atoms with E-state index in [1.165, 1.54) is 7.11 Å². The molecule has 148 heavy (non-hydrogen) atoms. The molecule has 0 radical (unpaired) electrons. The zero-order valence-electron chi connectivity index (χ0n) is 97.5. The summed E-state index contributed by atoms with van der Waals surface area (Å²) in [5, 5.41) is 115. The van der Waals surface area contributed by atoms with Crippen LogP contribution in [-0.4, -0.2) is 395 Å². The second kappa shape index (κ2) is 49.9. The monoisotopic (exact) mass is 2120 g/mol. The summed E-state index contributed by atoms with van der Waals surface area (Å²) < 4.78 is 127. The highest BCUT2D eigenvalue weighted by Gasteiger charge is 2.63. The van der Waals surface area contributed by atoms with Crippen LogP contribution in [0.1, 0.15) is 286 Å². The van der Waals surface area contributed by atoms with Gasteiger partial charge in [0, 0.05) is 123 Å². The number of aliphatic hydroxyl groups is 10. The lowest BCUT2D eigenvalue weighted by Gasteiger charge is -2.49. The second-order valence-electron chi connectivity index (χ2n) is 50.6. The van der Waals surface area contributed by atoms with Crippen molar-refractivity contribution in [3.63, 3.8) is 0 Å². The number of cyclic esters (lactones) is 3. The zero-order valence-corrected chi connectivity index (χ0v) is 97.5. The molecule has 0 aliphatic carbocycles. The zero-order chi connectivity index (χ0) is 112. The van der Waals surface area contributed by atoms with E-state index in [0.29, 0.717) is 37.9 Å². The Hall–Kier alpha value is -3.54. The molecule has 37 nitrogen and oxygen atoms in total. The first kappa shape index (κ1) is 128. The van der Waals surface area contributed by atoms with E-state index in [2.05, 4.69) is 6.92 Å². The highest BCUT2D eigenvalue weighted by Crippen LogP contribution is 2.54. The van der Waals surface area contributed by atoms with E-state index >= 15 is 0 Å². The van der Waals surface area contributed by atoms with E-state index in [-0.39, 0.29) is 85.8 Å². The van der Waals surface area contributed by atoms with Crippen LogP contribution in [0.4, 0.5) is 0 Å². The molecule has 0 saturated carbocycles. The standard InChI is InChI=1S/C37H67NO12.C37H67NO11.C37H65NO11/c1-18-16-36(10,44)32(50-34-28(40)25(38(12)13)15-19(2)46-34)21(4)29(49-26-17-37(11,45-14)31(42)23(6)47-26)22(5)33(43)48-24(7)35(8,9)30(41)20(3)27(18)39;2*1-18-16-37(11)32(48-34-27(39)25(38(12)13)15-19(2)44-34)21(4)29(47-26-17-36(10,43-14)31(41)23(6)45-26)22(5)33(42)46-24(7)35(8,9)30(40)20(3)28(18)49-37/h18-26,28-32,34,40-42,44H,15-17H2,1-14H3;18-32,34,39-41H,15-17H2,1-14H3;19-27,29-32,34,39-41H,15-17H2,1-14H3/t18-,19-,20+,21+,22-,23+,24?,25?,26?,28?,29?,30?,31?,32?,34?,36+,37-;18?,19-,20+,21+,22-,23+,24?,25?,26?,27?,28?,29?,30?,31?,32?,34?,36-,37-;19-,20+,21+,22-,23+,24?,25?,26?,27?,29?,30?,31?,32?,34?,36-,37-/m111/s1. The minimum atomic E-state index is -1.73. The van der Waals surface area contributed by atoms with Gasteiger partial charge in [0.25, 0.3) is 0 Å². The summed E-state index contributed by atoms with van der Waals surface area (Å²) >= 11 is 0. The Bertz CT molecular complexity index is 4200. The molecule has 0 aromatic rings. The normalized spacial score (nSPS) is 49.4. The number of carbonyl (C=O) groups is 4. The number of fused-ring (bicyclic) bond motifs is 4. The van der Waals surface area contributed by atoms with Gasteiger partial charge in [-0.1, -0.05) is 96.9 Å². The van der Waals surface area contributed by atoms with Gasteiger partial charge in [-0.3, -0.25) is 19.2 Å². The van der Waals surface area contributed by atoms with Gasteiger partial charge < -0.3 is 161 Å². The SMILES string of the molecule is CO[C@]1(C)CC(OC2[C@H](C)C(OC3O[C@H](C)CC(N(C)C)C3O)[C@@](C)(O)C[C@@H](C)C(=O)[C@H](C)C(O)C(C)(C)C(C)OC(=O)[C@@H]2C)O[C@@H](C)C1O.CO[C@]1(C)CC(OC2[C@H](C)C(OC3O[C@H](C)CC(N(C)C)C3O)[C@@]3(C)CC(C)=C(O3)[C@H](C)C(O)C(C)(C)C(C)OC(=O)[C@@H]2C)O[C@@H](C)C1O.CO[C@]1(C)CC(OC2[C@H](C)C(OC3O[C@H](C)CC(N(C)C)C3O)[C@@]3(C)CC(C)C(O3)[C@H](C)C(O)C(C)(C)C(C)OC(=O)[C@@H]2C)O[C@@H](C)C1O. The fourth-order valence-electron chi connectivity index (χ4n) is 25.6. The number of Topliss-reactive ketones (excluding diaryl/α,β-unsaturated/α-hetero) is 1. The topological polar surface area (TPSA) is 465 Å². The van der Waals surface area contributed by atoms with E-state index in [9.17, 15) is 70.2 Å². The number of rotatable bonds is 18. The molecule has 51 atom stereocenters. The largest absolute Gasteiger partial charge is 0.489 e. The molecule has 0 spiro atoms. The van der Waals surface area contributed by atoms with E-state index in [0.717, 1.165) is 5.57 Å². The van der Waals surface area contributed by atoms with Crippen molar-refractivity contribution in [3.05, 3.63) is 11.3 Å². The Balaban J connectivity index is 0.000000247. The highest BCUT2D eigenvalue weighted by molar-refractivity contribution is 5.83. The van der Waals surface area contributed by atoms with Crippen molar-refractivity contribution in [1.82, 2.24) is 14.7 Å². The molecule has 0 amide bonds. The fourth-order valence-corrected chi connectivity index (χ4v) is 25.6. The Kier molecular flexibility index (Phi) is 43.2. The smallest absolute Gasteiger partial charge is 0.311 e. The van der Waals surface area contributed by atoms with Crippen LogP contribution in [0.15, 0.2) is 11.3 Å². The van der Waals surface area contributed by atoms with Crippen LogP contribution in [0.25, 0.3) is 0 Å². The Morgan fingerprint density at radius 1 is 0.345 bits per heavy atom. The van der Waals surface area contributed by atoms with Gasteiger partial charge in [0.1, 0.15) is 78.2 Å². The summed E-state index contributed by atoms with van der Waals surface area (Å²) in [5.41, 5.74) is -8.19. The van der Waals surface area contributed by atoms with Crippen LogP contribution in [0.3, 0.4) is 0 Å². The Morgan fingerprint density at radius 3 is 0.959 bits per heavy atom. The summed E-state index contributed by atoms with van der Waals surface area (Å²) in [6.45, 7) is 60.7. The van der Waals surface area contributed by atoms with Gasteiger partial charge in [-0.15, -0.1) is 0 Å². The number of methoxy groups -OCH3 is 3. The summed E-state index contributed by atoms with van der Waals surface area (Å²) in [5.74, 6) is -7.79. The molecule has 0 aromatic carbocycles. The van der Waals surface area contributed by atoms with E-state index in [4.69, 9.17) is 94.7 Å². The quantitative estimate of drug-likeness (QED) is 0.0450. The Labute approximate surface area is 883 Å². The van der Waals surface area contributed by atoms with Gasteiger partial charge in [-0.25, -0.2) is 0 Å². The molecule has 4 bridgehead atoms. The maximum absolute atomic E-state index is 14.1. The van der Waals surface area contributed by atoms with Crippen LogP contribution < -0.4 is 0 Å². The average molecular weight is 2120 g/mol. The molecular formula is C111H199N3O34. The van der Waals surface area contributed by atoms with E-state index in [1.807, 2.05) is 175 Å². The maximum atomic E-state index is 14.1. The average Bonchev–Trinajstić information content (AvgIpc) is 1.60. The number of ether oxygens (including phenoxy) is 20. The summed E-state index contributed by atoms with van der Waals surface area (Å²) in [7, 11) is 16.0. The number of aliphatic hydroxyl groups excluding tert-OH is 9. The van der Waals surface area contributed by atoms with Crippen LogP contribution in [-0.2, 0) is 114 Å². The van der Waals surface area contributed by atoms with Crippen LogP contribution in [0, 0.1) is 81.3 Å². The molecule has 10 N–H and O–H groups in total. The second-order valence-corrected chi connectivity index (χ2v) is 50.6. The number of nitrogens with zero attached hydrogens (tertiary/aromatic N) is 3. The molecular weight excluding hydrogens is 1920 g/mol. The molecule has 11 aliphatic rings. The number of hydrogen-bond acceptors (Lipinski definition) is 37. The third-order valence-electron chi connectivity index (χ3n) is 36.8. The fraction of sp³-hybridized carbons (Fsp3) is 0.946. The van der Waals surface area contributed by atoms with Crippen molar-refractivity contribution < 1.29 is 165 Å². The predicted octanol–water partition coefficient (Wildman–Crippen LogP) is 9.96. The third-order valence-corrected chi connectivity index (χ3v) is 36.8. The number of carbonyl (C=O) groups excluding carboxylic acids is 4. The first-order valence-corrected chi connectivity index (χ1v) is 54.6. The summed E-state index contributed by atoms with van der Waals surface area (Å²) in [4.78, 5) is 61.8. The van der Waals surface area contributed by atoms with Crippen LogP contribution in [0.5, 0.6) is 0 Å². The number of likely N-dealkylation sites (N-methyl/N-ethyl adjacent to an activating group) is 3. The predicted molar refractivity (Wildman–Crippen MR) is 549 cm³/mol. The number of ketones is 1. The third kappa shape index (κ3) is 27.6. The van der Waals surface area contributed by atoms with Crippen LogP contribution >= 0.6 is 0 Å². The lowest BCUT2D eigenvalue weighted by atomic mass is 9.71. The molecule has 11 aliphatic heterocycles. The van der Waals surface area contributed by atoms with Crippen molar-refractivity contribution in [2.24, 2.45) is 81.3 Å². The molecule has 11 rings (SSSR count). The van der Waals surface area contributed by atoms with Gasteiger partial charge in [-0.05, 0) is 217 Å². The van der Waals surface area contributed by atoms with Crippen molar-refractivity contribution in [2.75, 3.05) is 63.6 Å². The van der Waals surface area contributed by atoms with E-state index < -0.39 is 287 Å². The first-order valence-electron chi connectivity index (χ1n) is 54.6. The minimum absolute atomic E-state index is 0.0541. The van der Waals surface area contributed by atoms with Crippen molar-refractivity contribution >= 4 is 23.7 Å². The van der Waals surface area contributed by atoms with Crippen molar-refractivity contribution in [3.8, 4) is 0 Å². The minimum Gasteiger partial charge on any atom is -0.489 e. The highest BCUT2D eigenvalue weighted by atomic mass is 16.7. The molecule has 10 saturated heterocycles. The number of esters is 3. The molecule has 11 heterocycles. The molecule has 10 fully saturated rings. The molecule has 29 unspecified atom stereocenters. The van der Waals surface area contributed by atoms with Crippen molar-refractivity contribution in [1.29, 1.82) is 0 Å². The van der Waals surface area contributed by atoms with Crippen LogP contribution in [0.2, 0.25) is 0 Å². The van der Waals surface area contributed by atoms with E-state index in [1.54, 1.807) is 118 Å². The van der Waals surface area contributed by atoms with Gasteiger partial charge in [0.05, 0.1) is 137 Å². The lowest BCUT2D eigenvalue weighted by molar-refractivity contribution is -0.319. The van der Waals surface area contributed by atoms with Gasteiger partial charge >= 0.3 is 17.9 Å². The summed E-state index contributed by atoms with van der Waals surface area (Å²) in [6.07, 6.45) is -21.1. The van der Waals surface area contributed by atoms with Gasteiger partial charge in [-0.2, -0.15) is 0 Å². The molecule has 37 heteroatoms. The Morgan fingerprint density at radius 2 is 0.642 bits per heavy atom. The number of hydrogen-bond donors (Lipinski definition) is 10. The lowest BCUT2D eigenvalue weighted by Crippen LogP contribution is -2.60. The van der Waals surface area contributed by atoms with Crippen molar-refractivity contribution in [2.45, 2.75) is 528 Å². The molecule has 0 aromatic heterocycles. The van der Waals surface area contributed by atoms with Gasteiger partial charge in [0.2, 0.25) is 0 Å². The molecule has 862 valence electrons. The first-order chi connectivity index (χ1) is 68.0. The van der Waals surface area contributed by atoms with Gasteiger partial charge in [0.15, 0.2) is 37.7 Å². The summed E-state index contributed by atoms with van der Waals surface area (Å²) in [6, 6.07) is -0.703.